The van der Waals surface area contributed by atoms with Crippen LogP contribution in [-0.4, -0.2) is 38.4 Å². The summed E-state index contributed by atoms with van der Waals surface area (Å²) < 4.78 is 10.6. The molecular formula is C21H29ClIN3O3. The normalized spacial score (nSPS) is 13.1. The minimum Gasteiger partial charge on any atom is -0.497 e. The fraction of sp³-hybridized carbons (Fsp3) is 0.381. The zero-order valence-corrected chi connectivity index (χ0v) is 20.2. The van der Waals surface area contributed by atoms with Gasteiger partial charge in [0.2, 0.25) is 0 Å². The molecule has 0 heterocycles. The van der Waals surface area contributed by atoms with Crippen molar-refractivity contribution in [2.75, 3.05) is 27.3 Å². The van der Waals surface area contributed by atoms with Crippen molar-refractivity contribution in [2.24, 2.45) is 4.99 Å². The topological polar surface area (TPSA) is 75.1 Å². The van der Waals surface area contributed by atoms with Crippen LogP contribution in [-0.2, 0) is 0 Å². The van der Waals surface area contributed by atoms with Gasteiger partial charge in [0.25, 0.3) is 0 Å². The fourth-order valence-electron chi connectivity index (χ4n) is 2.81. The second-order valence-corrected chi connectivity index (χ2v) is 6.64. The minimum atomic E-state index is -0.837. The molecule has 29 heavy (non-hydrogen) atoms. The van der Waals surface area contributed by atoms with Gasteiger partial charge in [0.15, 0.2) is 5.96 Å². The van der Waals surface area contributed by atoms with Crippen molar-refractivity contribution in [1.82, 2.24) is 10.6 Å². The van der Waals surface area contributed by atoms with Gasteiger partial charge in [0.05, 0.1) is 26.8 Å². The fourth-order valence-corrected chi connectivity index (χ4v) is 3.10. The molecule has 0 aliphatic rings. The highest BCUT2D eigenvalue weighted by atomic mass is 127. The number of hydrogen-bond donors (Lipinski definition) is 3. The lowest BCUT2D eigenvalue weighted by molar-refractivity contribution is 0.182. The first-order valence-electron chi connectivity index (χ1n) is 9.19. The molecule has 0 saturated heterocycles. The molecule has 0 fully saturated rings. The number of guanidine groups is 1. The van der Waals surface area contributed by atoms with Gasteiger partial charge in [-0.2, -0.15) is 0 Å². The lowest BCUT2D eigenvalue weighted by atomic mass is 10.1. The molecule has 2 atom stereocenters. The van der Waals surface area contributed by atoms with Crippen LogP contribution >= 0.6 is 35.6 Å². The number of nitrogens with zero attached hydrogens (tertiary/aromatic N) is 1. The second kappa shape index (κ2) is 12.8. The summed E-state index contributed by atoms with van der Waals surface area (Å²) in [6.45, 7) is 4.85. The van der Waals surface area contributed by atoms with Crippen molar-refractivity contribution in [3.8, 4) is 11.5 Å². The maximum atomic E-state index is 10.6. The Morgan fingerprint density at radius 3 is 2.48 bits per heavy atom. The first kappa shape index (κ1) is 25.3. The van der Waals surface area contributed by atoms with Crippen LogP contribution in [0.4, 0.5) is 0 Å². The molecule has 6 nitrogen and oxygen atoms in total. The van der Waals surface area contributed by atoms with Crippen molar-refractivity contribution in [3.05, 3.63) is 58.6 Å². The monoisotopic (exact) mass is 533 g/mol. The highest BCUT2D eigenvalue weighted by Gasteiger charge is 2.16. The molecule has 2 rings (SSSR count). The van der Waals surface area contributed by atoms with Crippen LogP contribution in [0.5, 0.6) is 11.5 Å². The summed E-state index contributed by atoms with van der Waals surface area (Å²) >= 11 is 6.28. The molecule has 3 N–H and O–H groups in total. The Labute approximate surface area is 194 Å². The van der Waals surface area contributed by atoms with Gasteiger partial charge in [-0.3, -0.25) is 4.99 Å². The predicted octanol–water partition coefficient (Wildman–Crippen LogP) is 4.32. The number of methoxy groups -OCH3 is 2. The van der Waals surface area contributed by atoms with Crippen molar-refractivity contribution in [1.29, 1.82) is 0 Å². The van der Waals surface area contributed by atoms with Crippen molar-refractivity contribution >= 4 is 41.5 Å². The van der Waals surface area contributed by atoms with E-state index in [1.54, 1.807) is 32.4 Å². The van der Waals surface area contributed by atoms with E-state index in [2.05, 4.69) is 15.6 Å². The third kappa shape index (κ3) is 7.24. The van der Waals surface area contributed by atoms with Gasteiger partial charge in [-0.15, -0.1) is 24.0 Å². The molecule has 160 valence electrons. The molecule has 0 bridgehead atoms. The number of aliphatic hydroxyl groups excluding tert-OH is 1. The van der Waals surface area contributed by atoms with E-state index in [-0.39, 0.29) is 36.6 Å². The first-order valence-corrected chi connectivity index (χ1v) is 9.57. The van der Waals surface area contributed by atoms with Crippen LogP contribution in [0.3, 0.4) is 0 Å². The first-order chi connectivity index (χ1) is 13.5. The SMILES string of the molecule is CCNC(=NCC(O)c1cc(OC)ccc1OC)NC(C)c1ccccc1Cl.I. The minimum absolute atomic E-state index is 0. The average Bonchev–Trinajstić information content (AvgIpc) is 2.71. The zero-order valence-electron chi connectivity index (χ0n) is 17.1. The number of benzene rings is 2. The van der Waals surface area contributed by atoms with Gasteiger partial charge >= 0.3 is 0 Å². The van der Waals surface area contributed by atoms with E-state index in [0.717, 1.165) is 5.56 Å². The van der Waals surface area contributed by atoms with Crippen LogP contribution in [0, 0.1) is 0 Å². The van der Waals surface area contributed by atoms with Gasteiger partial charge in [-0.05, 0) is 43.7 Å². The molecule has 2 aromatic rings. The Morgan fingerprint density at radius 2 is 1.86 bits per heavy atom. The number of nitrogens with one attached hydrogen (secondary N) is 2. The number of rotatable bonds is 8. The van der Waals surface area contributed by atoms with Crippen molar-refractivity contribution in [3.63, 3.8) is 0 Å². The van der Waals surface area contributed by atoms with Crippen LogP contribution in [0.2, 0.25) is 5.02 Å². The van der Waals surface area contributed by atoms with Crippen molar-refractivity contribution < 1.29 is 14.6 Å². The maximum Gasteiger partial charge on any atom is 0.191 e. The van der Waals surface area contributed by atoms with E-state index in [4.69, 9.17) is 21.1 Å². The lowest BCUT2D eigenvalue weighted by Gasteiger charge is -2.20. The average molecular weight is 534 g/mol. The molecule has 0 radical (unpaired) electrons. The van der Waals surface area contributed by atoms with Gasteiger partial charge < -0.3 is 25.2 Å². The van der Waals surface area contributed by atoms with E-state index >= 15 is 0 Å². The largest absolute Gasteiger partial charge is 0.497 e. The van der Waals surface area contributed by atoms with E-state index in [1.807, 2.05) is 38.1 Å². The summed E-state index contributed by atoms with van der Waals surface area (Å²) in [6, 6.07) is 12.9. The maximum absolute atomic E-state index is 10.6. The summed E-state index contributed by atoms with van der Waals surface area (Å²) in [7, 11) is 3.15. The van der Waals surface area contributed by atoms with Crippen LogP contribution in [0.1, 0.15) is 37.1 Å². The van der Waals surface area contributed by atoms with E-state index in [1.165, 1.54) is 0 Å². The van der Waals surface area contributed by atoms with Gasteiger partial charge in [-0.1, -0.05) is 29.8 Å². The van der Waals surface area contributed by atoms with Gasteiger partial charge in [0, 0.05) is 17.1 Å². The molecule has 0 aromatic heterocycles. The molecule has 0 aliphatic heterocycles. The lowest BCUT2D eigenvalue weighted by Crippen LogP contribution is -2.39. The Kier molecular flexibility index (Phi) is 11.2. The quantitative estimate of drug-likeness (QED) is 0.268. The molecule has 8 heteroatoms. The molecule has 0 amide bonds. The highest BCUT2D eigenvalue weighted by Crippen LogP contribution is 2.29. The number of halogens is 2. The number of ether oxygens (including phenoxy) is 2. The summed E-state index contributed by atoms with van der Waals surface area (Å²) in [5.41, 5.74) is 1.60. The molecule has 2 unspecified atom stereocenters. The van der Waals surface area contributed by atoms with Crippen LogP contribution in [0.15, 0.2) is 47.5 Å². The molecule has 0 spiro atoms. The standard InChI is InChI=1S/C21H28ClN3O3.HI/c1-5-23-21(25-14(2)16-8-6-7-9-18(16)22)24-13-19(26)17-12-15(27-3)10-11-20(17)28-4;/h6-12,14,19,26H,5,13H2,1-4H3,(H2,23,24,25);1H. The molecule has 2 aromatic carbocycles. The Morgan fingerprint density at radius 1 is 1.14 bits per heavy atom. The number of aliphatic imine (C=N–C) groups is 1. The Hall–Kier alpha value is -1.71. The van der Waals surface area contributed by atoms with E-state index in [0.29, 0.717) is 34.6 Å². The summed E-state index contributed by atoms with van der Waals surface area (Å²) in [4.78, 5) is 4.52. The second-order valence-electron chi connectivity index (χ2n) is 6.23. The highest BCUT2D eigenvalue weighted by molar-refractivity contribution is 14.0. The molecule has 0 aliphatic carbocycles. The van der Waals surface area contributed by atoms with E-state index in [9.17, 15) is 5.11 Å². The Bertz CT molecular complexity index is 804. The van der Waals surface area contributed by atoms with Gasteiger partial charge in [-0.25, -0.2) is 0 Å². The molecule has 0 saturated carbocycles. The summed E-state index contributed by atoms with van der Waals surface area (Å²) in [6.07, 6.45) is -0.837. The smallest absolute Gasteiger partial charge is 0.191 e. The number of hydrogen-bond acceptors (Lipinski definition) is 4. The summed E-state index contributed by atoms with van der Waals surface area (Å²) in [5.74, 6) is 1.83. The van der Waals surface area contributed by atoms with Crippen LogP contribution < -0.4 is 20.1 Å². The molecular weight excluding hydrogens is 505 g/mol. The zero-order chi connectivity index (χ0) is 20.5. The third-order valence-electron chi connectivity index (χ3n) is 4.29. The third-order valence-corrected chi connectivity index (χ3v) is 4.63. The van der Waals surface area contributed by atoms with Crippen LogP contribution in [0.25, 0.3) is 0 Å². The Balaban J connectivity index is 0.00000420. The van der Waals surface area contributed by atoms with Gasteiger partial charge in [0.1, 0.15) is 17.6 Å². The summed E-state index contributed by atoms with van der Waals surface area (Å²) in [5, 5.41) is 17.8. The van der Waals surface area contributed by atoms with E-state index < -0.39 is 6.10 Å². The number of aliphatic hydroxyl groups is 1. The van der Waals surface area contributed by atoms with Crippen molar-refractivity contribution in [2.45, 2.75) is 26.0 Å². The predicted molar refractivity (Wildman–Crippen MR) is 129 cm³/mol.